The summed E-state index contributed by atoms with van der Waals surface area (Å²) in [6.07, 6.45) is 2.16. The van der Waals surface area contributed by atoms with E-state index >= 15 is 0 Å². The lowest BCUT2D eigenvalue weighted by molar-refractivity contribution is -0.384. The summed E-state index contributed by atoms with van der Waals surface area (Å²) < 4.78 is 4.33. The summed E-state index contributed by atoms with van der Waals surface area (Å²) in [7, 11) is 0. The quantitative estimate of drug-likeness (QED) is 0.155. The van der Waals surface area contributed by atoms with Crippen molar-refractivity contribution in [1.82, 2.24) is 4.37 Å². The molecule has 1 aromatic heterocycles. The molecule has 7 nitrogen and oxygen atoms in total. The van der Waals surface area contributed by atoms with E-state index in [2.05, 4.69) is 32.9 Å². The van der Waals surface area contributed by atoms with Crippen molar-refractivity contribution in [3.63, 3.8) is 0 Å². The van der Waals surface area contributed by atoms with Crippen LogP contribution in [0.15, 0.2) is 64.8 Å². The topological polar surface area (TPSA) is 92.8 Å². The van der Waals surface area contributed by atoms with Gasteiger partial charge in [0.2, 0.25) is 0 Å². The molecule has 29 heavy (non-hydrogen) atoms. The maximum atomic E-state index is 11.1. The standard InChI is InChI=1S/C21H19N5O2S/c1-2-3-12-22-19-10-8-14-6-4-5-7-16(14)20(19)23-24-21-17-13-15(26(27)28)9-11-18(17)25-29-21/h4-11,13,22H,2-3,12H2,1H3. The Morgan fingerprint density at radius 2 is 1.97 bits per heavy atom. The number of fused-ring (bicyclic) bond motifs is 2. The normalized spacial score (nSPS) is 11.5. The van der Waals surface area contributed by atoms with Gasteiger partial charge in [-0.3, -0.25) is 10.1 Å². The van der Waals surface area contributed by atoms with Crippen LogP contribution in [0.25, 0.3) is 21.7 Å². The molecule has 0 saturated carbocycles. The lowest BCUT2D eigenvalue weighted by atomic mass is 10.1. The third kappa shape index (κ3) is 3.93. The Balaban J connectivity index is 1.77. The van der Waals surface area contributed by atoms with Gasteiger partial charge in [0, 0.05) is 29.4 Å². The average Bonchev–Trinajstić information content (AvgIpc) is 3.15. The number of anilines is 1. The number of hydrogen-bond donors (Lipinski definition) is 1. The van der Waals surface area contributed by atoms with Gasteiger partial charge in [0.1, 0.15) is 5.69 Å². The number of nitro benzene ring substituents is 1. The summed E-state index contributed by atoms with van der Waals surface area (Å²) >= 11 is 1.18. The first-order valence-electron chi connectivity index (χ1n) is 9.38. The smallest absolute Gasteiger partial charge is 0.270 e. The highest BCUT2D eigenvalue weighted by atomic mass is 32.1. The van der Waals surface area contributed by atoms with Crippen molar-refractivity contribution in [2.45, 2.75) is 19.8 Å². The number of benzene rings is 3. The van der Waals surface area contributed by atoms with E-state index < -0.39 is 4.92 Å². The number of unbranched alkanes of at least 4 members (excludes halogenated alkanes) is 1. The van der Waals surface area contributed by atoms with Crippen LogP contribution >= 0.6 is 11.5 Å². The average molecular weight is 405 g/mol. The third-order valence-electron chi connectivity index (χ3n) is 4.64. The lowest BCUT2D eigenvalue weighted by Crippen LogP contribution is -2.01. The van der Waals surface area contributed by atoms with Crippen molar-refractivity contribution in [3.05, 3.63) is 64.7 Å². The van der Waals surface area contributed by atoms with Crippen molar-refractivity contribution in [2.24, 2.45) is 10.2 Å². The van der Waals surface area contributed by atoms with E-state index in [-0.39, 0.29) is 5.69 Å². The largest absolute Gasteiger partial charge is 0.383 e. The number of azo groups is 1. The molecular weight excluding hydrogens is 386 g/mol. The van der Waals surface area contributed by atoms with Crippen LogP contribution in [-0.2, 0) is 0 Å². The Morgan fingerprint density at radius 1 is 1.10 bits per heavy atom. The third-order valence-corrected chi connectivity index (χ3v) is 5.40. The van der Waals surface area contributed by atoms with Crippen molar-refractivity contribution in [3.8, 4) is 0 Å². The summed E-state index contributed by atoms with van der Waals surface area (Å²) in [5.74, 6) is 0. The summed E-state index contributed by atoms with van der Waals surface area (Å²) in [4.78, 5) is 10.7. The highest BCUT2D eigenvalue weighted by Gasteiger charge is 2.13. The van der Waals surface area contributed by atoms with Gasteiger partial charge >= 0.3 is 0 Å². The molecule has 0 amide bonds. The van der Waals surface area contributed by atoms with Gasteiger partial charge in [-0.05, 0) is 35.5 Å². The number of hydrogen-bond acceptors (Lipinski definition) is 7. The summed E-state index contributed by atoms with van der Waals surface area (Å²) in [5, 5.41) is 26.8. The number of rotatable bonds is 7. The molecule has 0 radical (unpaired) electrons. The molecule has 0 spiro atoms. The molecule has 0 saturated heterocycles. The second-order valence-electron chi connectivity index (χ2n) is 6.61. The monoisotopic (exact) mass is 405 g/mol. The minimum Gasteiger partial charge on any atom is -0.383 e. The van der Waals surface area contributed by atoms with Crippen LogP contribution in [0.1, 0.15) is 19.8 Å². The molecule has 0 aliphatic heterocycles. The maximum absolute atomic E-state index is 11.1. The maximum Gasteiger partial charge on any atom is 0.270 e. The molecule has 1 N–H and O–H groups in total. The minimum atomic E-state index is -0.418. The first kappa shape index (κ1) is 18.9. The predicted octanol–water partition coefficient (Wildman–Crippen LogP) is 6.99. The van der Waals surface area contributed by atoms with Gasteiger partial charge in [-0.25, -0.2) is 0 Å². The number of nitro groups is 1. The summed E-state index contributed by atoms with van der Waals surface area (Å²) in [6, 6.07) is 16.7. The zero-order chi connectivity index (χ0) is 20.2. The van der Waals surface area contributed by atoms with Crippen LogP contribution in [0, 0.1) is 10.1 Å². The molecule has 4 aromatic rings. The van der Waals surface area contributed by atoms with Gasteiger partial charge < -0.3 is 5.32 Å². The summed E-state index contributed by atoms with van der Waals surface area (Å²) in [5.41, 5.74) is 2.36. The fraction of sp³-hybridized carbons (Fsp3) is 0.190. The predicted molar refractivity (Wildman–Crippen MR) is 118 cm³/mol. The first-order chi connectivity index (χ1) is 14.2. The van der Waals surface area contributed by atoms with E-state index in [9.17, 15) is 10.1 Å². The molecule has 0 atom stereocenters. The molecule has 0 unspecified atom stereocenters. The zero-order valence-corrected chi connectivity index (χ0v) is 16.6. The van der Waals surface area contributed by atoms with E-state index in [1.807, 2.05) is 30.3 Å². The minimum absolute atomic E-state index is 0.0150. The van der Waals surface area contributed by atoms with Crippen molar-refractivity contribution in [2.75, 3.05) is 11.9 Å². The van der Waals surface area contributed by atoms with Gasteiger partial charge in [-0.2, -0.15) is 4.37 Å². The van der Waals surface area contributed by atoms with Gasteiger partial charge in [-0.1, -0.05) is 43.7 Å². The molecule has 4 rings (SSSR count). The molecule has 0 aliphatic rings. The zero-order valence-electron chi connectivity index (χ0n) is 15.8. The molecule has 1 heterocycles. The Bertz CT molecular complexity index is 1220. The number of nitrogens with zero attached hydrogens (tertiary/aromatic N) is 4. The second-order valence-corrected chi connectivity index (χ2v) is 7.36. The van der Waals surface area contributed by atoms with E-state index in [1.165, 1.54) is 23.7 Å². The molecule has 0 fully saturated rings. The van der Waals surface area contributed by atoms with E-state index in [1.54, 1.807) is 6.07 Å². The van der Waals surface area contributed by atoms with Crippen LogP contribution in [0.2, 0.25) is 0 Å². The highest BCUT2D eigenvalue weighted by molar-refractivity contribution is 7.11. The Hall–Kier alpha value is -3.39. The molecule has 3 aromatic carbocycles. The fourth-order valence-corrected chi connectivity index (χ4v) is 3.79. The van der Waals surface area contributed by atoms with Crippen LogP contribution in [0.3, 0.4) is 0 Å². The number of non-ortho nitro benzene ring substituents is 1. The Morgan fingerprint density at radius 3 is 2.79 bits per heavy atom. The molecule has 8 heteroatoms. The van der Waals surface area contributed by atoms with E-state index in [0.29, 0.717) is 15.9 Å². The van der Waals surface area contributed by atoms with Gasteiger partial charge in [0.15, 0.2) is 5.00 Å². The van der Waals surface area contributed by atoms with Gasteiger partial charge in [-0.15, -0.1) is 10.2 Å². The van der Waals surface area contributed by atoms with Crippen molar-refractivity contribution in [1.29, 1.82) is 0 Å². The number of aromatic nitrogens is 1. The fourth-order valence-electron chi connectivity index (χ4n) is 3.10. The first-order valence-corrected chi connectivity index (χ1v) is 10.2. The van der Waals surface area contributed by atoms with Crippen LogP contribution in [0.4, 0.5) is 22.1 Å². The van der Waals surface area contributed by atoms with Crippen LogP contribution in [0.5, 0.6) is 0 Å². The molecule has 146 valence electrons. The lowest BCUT2D eigenvalue weighted by Gasteiger charge is -2.11. The SMILES string of the molecule is CCCCNc1ccc2ccccc2c1N=Nc1snc2ccc([N+](=O)[O-])cc12. The van der Waals surface area contributed by atoms with Crippen LogP contribution < -0.4 is 5.32 Å². The molecule has 0 bridgehead atoms. The van der Waals surface area contributed by atoms with Crippen molar-refractivity contribution < 1.29 is 4.92 Å². The molecule has 0 aliphatic carbocycles. The van der Waals surface area contributed by atoms with Crippen molar-refractivity contribution >= 4 is 55.3 Å². The van der Waals surface area contributed by atoms with Gasteiger partial charge in [0.05, 0.1) is 16.1 Å². The Labute approximate surface area is 171 Å². The van der Waals surface area contributed by atoms with E-state index in [0.717, 1.165) is 41.5 Å². The van der Waals surface area contributed by atoms with Gasteiger partial charge in [0.25, 0.3) is 5.69 Å². The van der Waals surface area contributed by atoms with Crippen LogP contribution in [-0.4, -0.2) is 15.8 Å². The van der Waals surface area contributed by atoms with E-state index in [4.69, 9.17) is 0 Å². The second kappa shape index (κ2) is 8.32. The highest BCUT2D eigenvalue weighted by Crippen LogP contribution is 2.38. The summed E-state index contributed by atoms with van der Waals surface area (Å²) in [6.45, 7) is 3.00. The molecular formula is C21H19N5O2S. The Kier molecular flexibility index (Phi) is 5.44. The number of nitrogens with one attached hydrogen (secondary N) is 1.